The van der Waals surface area contributed by atoms with Crippen LogP contribution < -0.4 is 0 Å². The summed E-state index contributed by atoms with van der Waals surface area (Å²) in [5.74, 6) is 5.04. The van der Waals surface area contributed by atoms with E-state index in [1.807, 2.05) is 0 Å². The van der Waals surface area contributed by atoms with E-state index in [0.29, 0.717) is 5.41 Å². The fourth-order valence-corrected chi connectivity index (χ4v) is 4.37. The third-order valence-corrected chi connectivity index (χ3v) is 6.17. The highest BCUT2D eigenvalue weighted by molar-refractivity contribution is 5.06. The maximum atomic E-state index is 2.52. The zero-order valence-electron chi connectivity index (χ0n) is 11.9. The Labute approximate surface area is 102 Å². The first kappa shape index (κ1) is 12.5. The molecule has 16 heavy (non-hydrogen) atoms. The summed E-state index contributed by atoms with van der Waals surface area (Å²) in [4.78, 5) is 0. The fraction of sp³-hybridized carbons (Fsp3) is 1.00. The summed E-state index contributed by atoms with van der Waals surface area (Å²) in [5.41, 5.74) is 0.644. The molecule has 2 aliphatic carbocycles. The van der Waals surface area contributed by atoms with Gasteiger partial charge >= 0.3 is 0 Å². The number of hydrogen-bond donors (Lipinski definition) is 0. The van der Waals surface area contributed by atoms with Crippen LogP contribution in [0.1, 0.15) is 66.7 Å². The third kappa shape index (κ3) is 2.05. The Balaban J connectivity index is 2.00. The summed E-state index contributed by atoms with van der Waals surface area (Å²) in [7, 11) is 0. The highest BCUT2D eigenvalue weighted by Crippen LogP contribution is 2.64. The van der Waals surface area contributed by atoms with Crippen LogP contribution in [-0.2, 0) is 0 Å². The predicted octanol–water partition coefficient (Wildman–Crippen LogP) is 5.13. The summed E-state index contributed by atoms with van der Waals surface area (Å²) in [5, 5.41) is 0. The largest absolute Gasteiger partial charge is 0.0651 e. The molecule has 0 heterocycles. The highest BCUT2D eigenvalue weighted by Gasteiger charge is 2.58. The summed E-state index contributed by atoms with van der Waals surface area (Å²) < 4.78 is 0. The second-order valence-electron chi connectivity index (χ2n) is 7.21. The molecule has 0 amide bonds. The molecule has 2 rings (SSSR count). The third-order valence-electron chi connectivity index (χ3n) is 6.17. The van der Waals surface area contributed by atoms with Crippen LogP contribution in [0.3, 0.4) is 0 Å². The molecule has 0 aromatic heterocycles. The molecule has 0 aliphatic heterocycles. The van der Waals surface area contributed by atoms with E-state index in [0.717, 1.165) is 29.6 Å². The van der Waals surface area contributed by atoms with Crippen molar-refractivity contribution in [3.63, 3.8) is 0 Å². The fourth-order valence-electron chi connectivity index (χ4n) is 4.37. The molecule has 5 unspecified atom stereocenters. The lowest BCUT2D eigenvalue weighted by Crippen LogP contribution is -2.15. The van der Waals surface area contributed by atoms with E-state index in [2.05, 4.69) is 34.6 Å². The Hall–Kier alpha value is 0. The minimum Gasteiger partial charge on any atom is -0.0651 e. The monoisotopic (exact) mass is 222 g/mol. The van der Waals surface area contributed by atoms with E-state index in [4.69, 9.17) is 0 Å². The van der Waals surface area contributed by atoms with Gasteiger partial charge in [-0.15, -0.1) is 0 Å². The quantitative estimate of drug-likeness (QED) is 0.568. The first-order valence-corrected chi connectivity index (χ1v) is 7.48. The van der Waals surface area contributed by atoms with Crippen molar-refractivity contribution in [2.45, 2.75) is 66.7 Å². The van der Waals surface area contributed by atoms with E-state index in [9.17, 15) is 0 Å². The maximum absolute atomic E-state index is 2.52. The lowest BCUT2D eigenvalue weighted by molar-refractivity contribution is 0.265. The molecule has 94 valence electrons. The molecule has 5 atom stereocenters. The molecule has 0 radical (unpaired) electrons. The zero-order valence-corrected chi connectivity index (χ0v) is 11.9. The van der Waals surface area contributed by atoms with E-state index in [1.54, 1.807) is 0 Å². The summed E-state index contributed by atoms with van der Waals surface area (Å²) in [6, 6.07) is 0. The van der Waals surface area contributed by atoms with Gasteiger partial charge < -0.3 is 0 Å². The highest BCUT2D eigenvalue weighted by atomic mass is 14.6. The molecule has 0 bridgehead atoms. The van der Waals surface area contributed by atoms with Crippen molar-refractivity contribution in [3.8, 4) is 0 Å². The maximum Gasteiger partial charge on any atom is -0.0292 e. The van der Waals surface area contributed by atoms with E-state index in [-0.39, 0.29) is 0 Å². The van der Waals surface area contributed by atoms with Crippen molar-refractivity contribution in [2.75, 3.05) is 0 Å². The first-order chi connectivity index (χ1) is 7.48. The van der Waals surface area contributed by atoms with Crippen molar-refractivity contribution in [3.05, 3.63) is 0 Å². The van der Waals surface area contributed by atoms with E-state index in [1.165, 1.54) is 32.1 Å². The van der Waals surface area contributed by atoms with Gasteiger partial charge in [0.15, 0.2) is 0 Å². The van der Waals surface area contributed by atoms with Gasteiger partial charge in [0.05, 0.1) is 0 Å². The van der Waals surface area contributed by atoms with E-state index < -0.39 is 0 Å². The van der Waals surface area contributed by atoms with Crippen LogP contribution >= 0.6 is 0 Å². The first-order valence-electron chi connectivity index (χ1n) is 7.48. The molecule has 0 heteroatoms. The lowest BCUT2D eigenvalue weighted by Gasteiger charge is -2.23. The second kappa shape index (κ2) is 4.35. The van der Waals surface area contributed by atoms with Crippen molar-refractivity contribution < 1.29 is 0 Å². The van der Waals surface area contributed by atoms with E-state index >= 15 is 0 Å². The van der Waals surface area contributed by atoms with Crippen molar-refractivity contribution in [1.29, 1.82) is 0 Å². The Kier molecular flexibility index (Phi) is 3.39. The van der Waals surface area contributed by atoms with Gasteiger partial charge in [-0.1, -0.05) is 60.3 Å². The number of hydrogen-bond acceptors (Lipinski definition) is 0. The predicted molar refractivity (Wildman–Crippen MR) is 71.3 cm³/mol. The zero-order chi connectivity index (χ0) is 11.9. The molecule has 0 spiro atoms. The summed E-state index contributed by atoms with van der Waals surface area (Å²) in [6.45, 7) is 12.3. The molecule has 0 aromatic carbocycles. The molecule has 0 aromatic rings. The van der Waals surface area contributed by atoms with Gasteiger partial charge in [-0.3, -0.25) is 0 Å². The molecule has 0 N–H and O–H groups in total. The van der Waals surface area contributed by atoms with Gasteiger partial charge in [0.25, 0.3) is 0 Å². The van der Waals surface area contributed by atoms with Crippen molar-refractivity contribution in [1.82, 2.24) is 0 Å². The standard InChI is InChI=1S/C16H30/c1-6-13-8-7-11(2)14(10-9-13)15-12(3)16(15,4)5/h11-15H,6-10H2,1-5H3. The van der Waals surface area contributed by atoms with Crippen LogP contribution in [0.25, 0.3) is 0 Å². The molecule has 2 saturated carbocycles. The molecule has 2 fully saturated rings. The SMILES string of the molecule is CCC1CCC(C)C(C2C(C)C2(C)C)CC1. The molecular formula is C16H30. The topological polar surface area (TPSA) is 0 Å². The second-order valence-corrected chi connectivity index (χ2v) is 7.21. The Bertz CT molecular complexity index is 240. The minimum atomic E-state index is 0.644. The van der Waals surface area contributed by atoms with Gasteiger partial charge in [-0.25, -0.2) is 0 Å². The Morgan fingerprint density at radius 3 is 2.06 bits per heavy atom. The Morgan fingerprint density at radius 2 is 1.56 bits per heavy atom. The molecule has 0 nitrogen and oxygen atoms in total. The van der Waals surface area contributed by atoms with Gasteiger partial charge in [0.1, 0.15) is 0 Å². The van der Waals surface area contributed by atoms with Crippen LogP contribution in [0, 0.1) is 35.0 Å². The smallest absolute Gasteiger partial charge is 0.0292 e. The molecular weight excluding hydrogens is 192 g/mol. The van der Waals surface area contributed by atoms with Gasteiger partial charge in [-0.05, 0) is 41.4 Å². The summed E-state index contributed by atoms with van der Waals surface area (Å²) in [6.07, 6.45) is 7.41. The number of rotatable bonds is 2. The van der Waals surface area contributed by atoms with Crippen LogP contribution in [-0.4, -0.2) is 0 Å². The van der Waals surface area contributed by atoms with Crippen LogP contribution in [0.15, 0.2) is 0 Å². The molecule has 2 aliphatic rings. The van der Waals surface area contributed by atoms with Crippen LogP contribution in [0.2, 0.25) is 0 Å². The van der Waals surface area contributed by atoms with Crippen molar-refractivity contribution >= 4 is 0 Å². The van der Waals surface area contributed by atoms with Crippen LogP contribution in [0.4, 0.5) is 0 Å². The van der Waals surface area contributed by atoms with Crippen LogP contribution in [0.5, 0.6) is 0 Å². The molecule has 0 saturated heterocycles. The minimum absolute atomic E-state index is 0.644. The normalized spacial score (nSPS) is 47.4. The van der Waals surface area contributed by atoms with Gasteiger partial charge in [0.2, 0.25) is 0 Å². The summed E-state index contributed by atoms with van der Waals surface area (Å²) >= 11 is 0. The lowest BCUT2D eigenvalue weighted by atomic mass is 9.82. The average Bonchev–Trinajstić information content (AvgIpc) is 2.79. The van der Waals surface area contributed by atoms with Crippen molar-refractivity contribution in [2.24, 2.45) is 35.0 Å². The van der Waals surface area contributed by atoms with Gasteiger partial charge in [0, 0.05) is 0 Å². The average molecular weight is 222 g/mol. The Morgan fingerprint density at radius 1 is 1.00 bits per heavy atom. The van der Waals surface area contributed by atoms with Gasteiger partial charge in [-0.2, -0.15) is 0 Å².